The zero-order chi connectivity index (χ0) is 15.9. The van der Waals surface area contributed by atoms with Gasteiger partial charge in [-0.3, -0.25) is 4.99 Å². The van der Waals surface area contributed by atoms with E-state index < -0.39 is 10.0 Å². The van der Waals surface area contributed by atoms with E-state index in [1.54, 1.807) is 23.9 Å². The summed E-state index contributed by atoms with van der Waals surface area (Å²) in [7, 11) is -3.43. The lowest BCUT2D eigenvalue weighted by Gasteiger charge is -2.26. The molecule has 1 aromatic rings. The summed E-state index contributed by atoms with van der Waals surface area (Å²) in [4.78, 5) is 6.94. The highest BCUT2D eigenvalue weighted by Crippen LogP contribution is 2.35. The van der Waals surface area contributed by atoms with Crippen LogP contribution in [0.15, 0.2) is 39.6 Å². The predicted octanol–water partition coefficient (Wildman–Crippen LogP) is -1.57. The standard InChI is InChI=1S/C15H17N3O3S2.BrH/c19-23(20,17-7-9-21-10-8-17)13-3-1-12(2-4-13)14-11-22-15-16-5-6-18(14)15;/h1-4,11H,5-10H2;1H/p-1. The zero-order valence-corrected chi connectivity index (χ0v) is 16.1. The molecule has 0 aromatic heterocycles. The van der Waals surface area contributed by atoms with E-state index in [0.717, 1.165) is 29.5 Å². The van der Waals surface area contributed by atoms with Gasteiger partial charge in [-0.15, -0.1) is 0 Å². The molecule has 9 heteroatoms. The summed E-state index contributed by atoms with van der Waals surface area (Å²) in [6, 6.07) is 7.13. The molecule has 0 unspecified atom stereocenters. The van der Waals surface area contributed by atoms with Crippen LogP contribution in [0.2, 0.25) is 0 Å². The fraction of sp³-hybridized carbons (Fsp3) is 0.400. The summed E-state index contributed by atoms with van der Waals surface area (Å²) in [5, 5.41) is 3.11. The highest BCUT2D eigenvalue weighted by Gasteiger charge is 2.29. The minimum Gasteiger partial charge on any atom is -1.00 e. The Kier molecular flexibility index (Phi) is 5.36. The van der Waals surface area contributed by atoms with E-state index in [1.165, 1.54) is 4.31 Å². The number of nitrogens with zero attached hydrogens (tertiary/aromatic N) is 3. The van der Waals surface area contributed by atoms with Gasteiger partial charge in [0.25, 0.3) is 0 Å². The normalized spacial score (nSPS) is 21.1. The highest BCUT2D eigenvalue weighted by atomic mass is 79.9. The number of amidine groups is 1. The van der Waals surface area contributed by atoms with Gasteiger partial charge in [-0.25, -0.2) is 8.42 Å². The summed E-state index contributed by atoms with van der Waals surface area (Å²) < 4.78 is 32.0. The molecule has 3 heterocycles. The lowest BCUT2D eigenvalue weighted by atomic mass is 10.1. The van der Waals surface area contributed by atoms with Gasteiger partial charge in [0.15, 0.2) is 5.17 Å². The number of thioether (sulfide) groups is 1. The van der Waals surface area contributed by atoms with Crippen molar-refractivity contribution in [2.75, 3.05) is 39.4 Å². The first kappa shape index (κ1) is 17.9. The van der Waals surface area contributed by atoms with Gasteiger partial charge in [-0.05, 0) is 17.7 Å². The molecular formula is C15H17BrN3O3S2-. The molecule has 130 valence electrons. The molecule has 4 rings (SSSR count). The van der Waals surface area contributed by atoms with E-state index in [0.29, 0.717) is 31.2 Å². The van der Waals surface area contributed by atoms with E-state index in [9.17, 15) is 8.42 Å². The van der Waals surface area contributed by atoms with Crippen molar-refractivity contribution in [3.63, 3.8) is 0 Å². The van der Waals surface area contributed by atoms with Crippen molar-refractivity contribution in [1.29, 1.82) is 0 Å². The quantitative estimate of drug-likeness (QED) is 0.579. The number of morpholine rings is 1. The number of rotatable bonds is 3. The monoisotopic (exact) mass is 430 g/mol. The van der Waals surface area contributed by atoms with Gasteiger partial charge >= 0.3 is 0 Å². The van der Waals surface area contributed by atoms with Crippen molar-refractivity contribution >= 4 is 32.6 Å². The van der Waals surface area contributed by atoms with Crippen molar-refractivity contribution < 1.29 is 30.1 Å². The second-order valence-electron chi connectivity index (χ2n) is 5.48. The van der Waals surface area contributed by atoms with E-state index in [1.807, 2.05) is 12.1 Å². The SMILES string of the molecule is O=S(=O)(c1ccc(C2=CSC3=NCCN23)cc1)N1CCOCC1.[Br-]. The number of aliphatic imine (C=N–C) groups is 1. The van der Waals surface area contributed by atoms with E-state index in [2.05, 4.69) is 15.3 Å². The first-order chi connectivity index (χ1) is 11.2. The molecule has 0 aliphatic carbocycles. The molecular weight excluding hydrogens is 414 g/mol. The Morgan fingerprint density at radius 2 is 1.79 bits per heavy atom. The second kappa shape index (κ2) is 7.17. The zero-order valence-electron chi connectivity index (χ0n) is 12.9. The van der Waals surface area contributed by atoms with Crippen LogP contribution in [0.3, 0.4) is 0 Å². The number of benzene rings is 1. The van der Waals surface area contributed by atoms with Crippen LogP contribution in [0, 0.1) is 0 Å². The molecule has 0 spiro atoms. The van der Waals surface area contributed by atoms with E-state index >= 15 is 0 Å². The first-order valence-electron chi connectivity index (χ1n) is 7.53. The Morgan fingerprint density at radius 1 is 1.08 bits per heavy atom. The van der Waals surface area contributed by atoms with Crippen molar-refractivity contribution in [2.24, 2.45) is 4.99 Å². The third-order valence-electron chi connectivity index (χ3n) is 4.13. The van der Waals surface area contributed by atoms with Gasteiger partial charge in [-0.1, -0.05) is 23.9 Å². The summed E-state index contributed by atoms with van der Waals surface area (Å²) in [5.41, 5.74) is 2.12. The Labute approximate surface area is 156 Å². The maximum Gasteiger partial charge on any atom is 0.243 e. The summed E-state index contributed by atoms with van der Waals surface area (Å²) in [5.74, 6) is 0. The van der Waals surface area contributed by atoms with Crippen LogP contribution in [0.25, 0.3) is 5.70 Å². The number of ether oxygens (including phenoxy) is 1. The van der Waals surface area contributed by atoms with E-state index in [4.69, 9.17) is 4.74 Å². The molecule has 0 N–H and O–H groups in total. The minimum absolute atomic E-state index is 0. The average Bonchev–Trinajstić information content (AvgIpc) is 3.19. The molecule has 1 aromatic carbocycles. The summed E-state index contributed by atoms with van der Waals surface area (Å²) in [6.45, 7) is 3.46. The van der Waals surface area contributed by atoms with Crippen LogP contribution in [0.1, 0.15) is 5.56 Å². The number of fused-ring (bicyclic) bond motifs is 1. The van der Waals surface area contributed by atoms with Gasteiger partial charge in [0, 0.05) is 25.0 Å². The Hall–Kier alpha value is -0.870. The third-order valence-corrected chi connectivity index (χ3v) is 6.94. The van der Waals surface area contributed by atoms with Crippen LogP contribution >= 0.6 is 11.8 Å². The van der Waals surface area contributed by atoms with Crippen LogP contribution in [0.4, 0.5) is 0 Å². The van der Waals surface area contributed by atoms with Gasteiger partial charge in [-0.2, -0.15) is 4.31 Å². The van der Waals surface area contributed by atoms with Crippen LogP contribution in [-0.2, 0) is 14.8 Å². The number of sulfonamides is 1. The molecule has 0 saturated carbocycles. The third kappa shape index (κ3) is 3.15. The van der Waals surface area contributed by atoms with Gasteiger partial charge in [0.1, 0.15) is 0 Å². The van der Waals surface area contributed by atoms with Crippen molar-refractivity contribution in [3.8, 4) is 0 Å². The topological polar surface area (TPSA) is 62.2 Å². The fourth-order valence-electron chi connectivity index (χ4n) is 2.88. The molecule has 0 bridgehead atoms. The van der Waals surface area contributed by atoms with Gasteiger partial charge in [0.05, 0.1) is 30.4 Å². The van der Waals surface area contributed by atoms with Crippen LogP contribution in [0.5, 0.6) is 0 Å². The smallest absolute Gasteiger partial charge is 0.243 e. The number of hydrogen-bond acceptors (Lipinski definition) is 6. The second-order valence-corrected chi connectivity index (χ2v) is 8.25. The molecule has 0 radical (unpaired) electrons. The van der Waals surface area contributed by atoms with Crippen molar-refractivity contribution in [3.05, 3.63) is 35.2 Å². The largest absolute Gasteiger partial charge is 1.00 e. The molecule has 0 amide bonds. The lowest BCUT2D eigenvalue weighted by molar-refractivity contribution is -0.00000743. The van der Waals surface area contributed by atoms with Crippen molar-refractivity contribution in [1.82, 2.24) is 9.21 Å². The van der Waals surface area contributed by atoms with Gasteiger partial charge < -0.3 is 26.6 Å². The molecule has 24 heavy (non-hydrogen) atoms. The maximum absolute atomic E-state index is 12.6. The first-order valence-corrected chi connectivity index (χ1v) is 9.85. The fourth-order valence-corrected chi connectivity index (χ4v) is 5.25. The highest BCUT2D eigenvalue weighted by molar-refractivity contribution is 8.16. The molecule has 6 nitrogen and oxygen atoms in total. The minimum atomic E-state index is -3.43. The Bertz CT molecular complexity index is 772. The van der Waals surface area contributed by atoms with Crippen molar-refractivity contribution in [2.45, 2.75) is 4.90 Å². The van der Waals surface area contributed by atoms with Gasteiger partial charge in [0.2, 0.25) is 10.0 Å². The van der Waals surface area contributed by atoms with Crippen LogP contribution < -0.4 is 17.0 Å². The van der Waals surface area contributed by atoms with Crippen LogP contribution in [-0.4, -0.2) is 62.2 Å². The maximum atomic E-state index is 12.6. The lowest BCUT2D eigenvalue weighted by Crippen LogP contribution is -3.00. The molecule has 0 atom stereocenters. The summed E-state index contributed by atoms with van der Waals surface area (Å²) in [6.07, 6.45) is 0. The predicted molar refractivity (Wildman–Crippen MR) is 90.6 cm³/mol. The molecule has 3 aliphatic heterocycles. The number of hydrogen-bond donors (Lipinski definition) is 0. The molecule has 1 saturated heterocycles. The Balaban J connectivity index is 0.00000169. The van der Waals surface area contributed by atoms with E-state index in [-0.39, 0.29) is 17.0 Å². The Morgan fingerprint density at radius 3 is 2.50 bits per heavy atom. The molecule has 1 fully saturated rings. The molecule has 3 aliphatic rings. The summed E-state index contributed by atoms with van der Waals surface area (Å²) >= 11 is 1.62. The average molecular weight is 431 g/mol. The number of halogens is 1.